The number of hydrogen-bond acceptors (Lipinski definition) is 2. The first-order valence-electron chi connectivity index (χ1n) is 23.1. The Labute approximate surface area is 376 Å². The van der Waals surface area contributed by atoms with Crippen molar-refractivity contribution in [2.24, 2.45) is 0 Å². The predicted octanol–water partition coefficient (Wildman–Crippen LogP) is 15.7. The zero-order valence-electron chi connectivity index (χ0n) is 36.2. The van der Waals surface area contributed by atoms with Crippen molar-refractivity contribution < 1.29 is 0 Å². The molecule has 0 saturated carbocycles. The van der Waals surface area contributed by atoms with E-state index in [0.29, 0.717) is 0 Å². The summed E-state index contributed by atoms with van der Waals surface area (Å²) in [6, 6.07) is 54.9. The van der Waals surface area contributed by atoms with Crippen molar-refractivity contribution in [2.45, 2.75) is 43.9 Å². The van der Waals surface area contributed by atoms with Crippen LogP contribution in [-0.2, 0) is 18.3 Å². The summed E-state index contributed by atoms with van der Waals surface area (Å²) in [4.78, 5) is 5.09. The van der Waals surface area contributed by atoms with Gasteiger partial charge >= 0.3 is 0 Å². The fourth-order valence-corrected chi connectivity index (χ4v) is 11.7. The van der Waals surface area contributed by atoms with Gasteiger partial charge in [0, 0.05) is 41.2 Å². The Morgan fingerprint density at radius 3 is 2.11 bits per heavy atom. The number of anilines is 4. The number of para-hydroxylation sites is 2. The van der Waals surface area contributed by atoms with Crippen LogP contribution in [0.15, 0.2) is 212 Å². The summed E-state index contributed by atoms with van der Waals surface area (Å²) in [5.74, 6) is 0. The second kappa shape index (κ2) is 15.8. The monoisotopic (exact) mass is 822 g/mol. The van der Waals surface area contributed by atoms with Gasteiger partial charge in [0.25, 0.3) is 0 Å². The third-order valence-corrected chi connectivity index (χ3v) is 14.4. The maximum atomic E-state index is 4.26. The number of allylic oxidation sites excluding steroid dienone is 9. The molecule has 2 aliphatic carbocycles. The summed E-state index contributed by atoms with van der Waals surface area (Å²) in [6.45, 7) is 6.29. The van der Waals surface area contributed by atoms with Crippen LogP contribution < -0.4 is 9.80 Å². The lowest BCUT2D eigenvalue weighted by Crippen LogP contribution is -2.31. The Kier molecular flexibility index (Phi) is 9.43. The Balaban J connectivity index is 0.976. The van der Waals surface area contributed by atoms with Crippen molar-refractivity contribution in [3.8, 4) is 0 Å². The molecule has 4 aliphatic rings. The van der Waals surface area contributed by atoms with Crippen LogP contribution in [0.2, 0.25) is 0 Å². The minimum atomic E-state index is -0.501. The number of aryl methyl sites for hydroxylation is 2. The molecule has 0 fully saturated rings. The van der Waals surface area contributed by atoms with Gasteiger partial charge in [-0.05, 0) is 158 Å². The van der Waals surface area contributed by atoms with E-state index in [4.69, 9.17) is 0 Å². The molecule has 2 nitrogen and oxygen atoms in total. The third kappa shape index (κ3) is 6.01. The molecule has 0 aromatic heterocycles. The van der Waals surface area contributed by atoms with Gasteiger partial charge in [-0.1, -0.05) is 158 Å². The summed E-state index contributed by atoms with van der Waals surface area (Å²) < 4.78 is 0. The van der Waals surface area contributed by atoms with E-state index in [2.05, 4.69) is 210 Å². The van der Waals surface area contributed by atoms with Gasteiger partial charge in [0.2, 0.25) is 0 Å². The average Bonchev–Trinajstić information content (AvgIpc) is 3.63. The molecule has 0 N–H and O–H groups in total. The second-order valence-corrected chi connectivity index (χ2v) is 17.8. The molecule has 8 aromatic rings. The van der Waals surface area contributed by atoms with E-state index in [1.54, 1.807) is 0 Å². The number of fused-ring (bicyclic) bond motifs is 3. The highest BCUT2D eigenvalue weighted by atomic mass is 15.1. The number of benzene rings is 8. The highest BCUT2D eigenvalue weighted by Gasteiger charge is 2.49. The molecule has 0 radical (unpaired) electrons. The predicted molar refractivity (Wildman–Crippen MR) is 273 cm³/mol. The lowest BCUT2D eigenvalue weighted by Gasteiger charge is -2.37. The Hall–Kier alpha value is -7.38. The SMILES string of the molecule is C=CC=C1/C(=C\C/C=C/c2ccc3ccc4c(N5CCCc6ccccc65)ccc5ccc2c3c54)C(C2=CC=C=CC2)(c2ccccc2)c2cc(N3CCCc4ccccc43)ccc21. The Morgan fingerprint density at radius 2 is 1.34 bits per heavy atom. The molecule has 2 aliphatic heterocycles. The van der Waals surface area contributed by atoms with E-state index < -0.39 is 5.41 Å². The molecule has 8 aromatic carbocycles. The Morgan fingerprint density at radius 1 is 0.656 bits per heavy atom. The largest absolute Gasteiger partial charge is 0.341 e. The standard InChI is InChI=1S/C62H50N2/c1-2-17-52-53-38-35-50(63-40-15-21-44-19-10-13-28-57(44)63)42-56(53)62(48-23-5-3-6-24-48,49-25-7-4-8-26-49)55(52)27-12-9-18-43-30-31-46-33-37-54-59(39-34-47-32-36-51(43)60(46)61(47)54)64-41-16-22-45-20-11-14-29-58(45)64/h2-3,5-11,13-14,17-20,23-25,27-39,42H,1,12,15-16,21-22,26,40-41H2/b18-9+,52-17?,55-27+. The third-order valence-electron chi connectivity index (χ3n) is 14.4. The van der Waals surface area contributed by atoms with Crippen molar-refractivity contribution in [2.75, 3.05) is 22.9 Å². The van der Waals surface area contributed by atoms with Gasteiger partial charge in [0.15, 0.2) is 0 Å². The summed E-state index contributed by atoms with van der Waals surface area (Å²) in [5, 5.41) is 7.92. The number of nitrogens with zero attached hydrogens (tertiary/aromatic N) is 2. The van der Waals surface area contributed by atoms with Crippen LogP contribution >= 0.6 is 0 Å². The summed E-state index contributed by atoms with van der Waals surface area (Å²) in [6.07, 6.45) is 24.2. The normalized spacial score (nSPS) is 19.3. The van der Waals surface area contributed by atoms with E-state index in [-0.39, 0.29) is 0 Å². The Bertz CT molecular complexity index is 3350. The van der Waals surface area contributed by atoms with Gasteiger partial charge in [-0.3, -0.25) is 0 Å². The molecule has 2 heteroatoms. The van der Waals surface area contributed by atoms with Crippen molar-refractivity contribution in [3.05, 3.63) is 245 Å². The zero-order chi connectivity index (χ0) is 42.6. The summed E-state index contributed by atoms with van der Waals surface area (Å²) in [5.41, 5.74) is 20.0. The van der Waals surface area contributed by atoms with Crippen LogP contribution in [0.5, 0.6) is 0 Å². The lowest BCUT2D eigenvalue weighted by atomic mass is 9.65. The van der Waals surface area contributed by atoms with Crippen LogP contribution in [0.3, 0.4) is 0 Å². The first kappa shape index (κ1) is 38.3. The van der Waals surface area contributed by atoms with Crippen molar-refractivity contribution in [3.63, 3.8) is 0 Å². The van der Waals surface area contributed by atoms with Crippen molar-refractivity contribution in [1.29, 1.82) is 0 Å². The molecule has 12 rings (SSSR count). The van der Waals surface area contributed by atoms with Gasteiger partial charge in [-0.15, -0.1) is 5.73 Å². The van der Waals surface area contributed by atoms with Gasteiger partial charge < -0.3 is 9.80 Å². The van der Waals surface area contributed by atoms with Crippen molar-refractivity contribution >= 4 is 66.7 Å². The second-order valence-electron chi connectivity index (χ2n) is 17.8. The van der Waals surface area contributed by atoms with Crippen LogP contribution in [0, 0.1) is 0 Å². The lowest BCUT2D eigenvalue weighted by molar-refractivity contribution is 0.720. The zero-order valence-corrected chi connectivity index (χ0v) is 36.2. The molecule has 0 bridgehead atoms. The van der Waals surface area contributed by atoms with E-state index in [1.165, 1.54) is 105 Å². The maximum Gasteiger partial charge on any atom is 0.0677 e. The molecule has 0 saturated heterocycles. The van der Waals surface area contributed by atoms with E-state index >= 15 is 0 Å². The van der Waals surface area contributed by atoms with E-state index in [9.17, 15) is 0 Å². The minimum Gasteiger partial charge on any atom is -0.341 e. The van der Waals surface area contributed by atoms with Gasteiger partial charge in [-0.25, -0.2) is 0 Å². The van der Waals surface area contributed by atoms with E-state index in [1.807, 2.05) is 6.08 Å². The average molecular weight is 823 g/mol. The first-order valence-corrected chi connectivity index (χ1v) is 23.1. The molecule has 0 spiro atoms. The first-order chi connectivity index (χ1) is 31.7. The molecule has 1 unspecified atom stereocenters. The molecule has 0 amide bonds. The molecular weight excluding hydrogens is 773 g/mol. The summed E-state index contributed by atoms with van der Waals surface area (Å²) in [7, 11) is 0. The fourth-order valence-electron chi connectivity index (χ4n) is 11.7. The van der Waals surface area contributed by atoms with E-state index in [0.717, 1.165) is 51.6 Å². The van der Waals surface area contributed by atoms with Crippen LogP contribution in [0.25, 0.3) is 44.0 Å². The molecule has 64 heavy (non-hydrogen) atoms. The number of rotatable bonds is 8. The highest BCUT2D eigenvalue weighted by Crippen LogP contribution is 2.59. The molecule has 1 atom stereocenters. The molecule has 2 heterocycles. The molecular formula is C62H50N2. The van der Waals surface area contributed by atoms with Crippen LogP contribution in [0.1, 0.15) is 59.1 Å². The van der Waals surface area contributed by atoms with Gasteiger partial charge in [0.1, 0.15) is 0 Å². The fraction of sp³-hybridized carbons (Fsp3) is 0.145. The van der Waals surface area contributed by atoms with Crippen molar-refractivity contribution in [1.82, 2.24) is 0 Å². The topological polar surface area (TPSA) is 6.48 Å². The number of hydrogen-bond donors (Lipinski definition) is 0. The van der Waals surface area contributed by atoms with Crippen LogP contribution in [0.4, 0.5) is 22.7 Å². The van der Waals surface area contributed by atoms with Gasteiger partial charge in [-0.2, -0.15) is 0 Å². The maximum absolute atomic E-state index is 4.26. The highest BCUT2D eigenvalue weighted by molar-refractivity contribution is 6.26. The minimum absolute atomic E-state index is 0.501. The smallest absolute Gasteiger partial charge is 0.0677 e. The summed E-state index contributed by atoms with van der Waals surface area (Å²) >= 11 is 0. The van der Waals surface area contributed by atoms with Gasteiger partial charge in [0.05, 0.1) is 5.41 Å². The van der Waals surface area contributed by atoms with Crippen LogP contribution in [-0.4, -0.2) is 13.1 Å². The molecule has 308 valence electrons. The quantitative estimate of drug-likeness (QED) is 0.111.